The summed E-state index contributed by atoms with van der Waals surface area (Å²) in [5, 5.41) is 16.0. The summed E-state index contributed by atoms with van der Waals surface area (Å²) in [5.74, 6) is -0.242. The molecule has 2 rings (SSSR count). The number of aliphatic hydroxyl groups excluding tert-OH is 1. The molecule has 0 aliphatic carbocycles. The van der Waals surface area contributed by atoms with Crippen LogP contribution in [0, 0.1) is 0 Å². The highest BCUT2D eigenvalue weighted by molar-refractivity contribution is 7.07. The van der Waals surface area contributed by atoms with Crippen molar-refractivity contribution in [3.05, 3.63) is 57.2 Å². The average molecular weight is 326 g/mol. The Morgan fingerprint density at radius 1 is 1.38 bits per heavy atom. The van der Waals surface area contributed by atoms with Crippen LogP contribution in [0.25, 0.3) is 0 Å². The van der Waals surface area contributed by atoms with Crippen molar-refractivity contribution in [1.82, 2.24) is 5.32 Å². The van der Waals surface area contributed by atoms with Crippen molar-refractivity contribution in [3.63, 3.8) is 0 Å². The summed E-state index contributed by atoms with van der Waals surface area (Å²) >= 11 is 7.55. The number of carbonyl (C=O) groups excluding carboxylic acids is 1. The van der Waals surface area contributed by atoms with Crippen molar-refractivity contribution in [2.75, 3.05) is 19.8 Å². The maximum absolute atomic E-state index is 12.1. The normalized spacial score (nSPS) is 12.1. The van der Waals surface area contributed by atoms with Crippen LogP contribution in [-0.4, -0.2) is 30.8 Å². The molecule has 0 bridgehead atoms. The van der Waals surface area contributed by atoms with Gasteiger partial charge in [-0.25, -0.2) is 0 Å². The highest BCUT2D eigenvalue weighted by Gasteiger charge is 2.15. The van der Waals surface area contributed by atoms with Crippen LogP contribution < -0.4 is 5.32 Å². The van der Waals surface area contributed by atoms with Crippen LogP contribution in [-0.2, 0) is 4.74 Å². The summed E-state index contributed by atoms with van der Waals surface area (Å²) in [6.07, 6.45) is -0.283. The van der Waals surface area contributed by atoms with E-state index in [2.05, 4.69) is 5.32 Å². The molecule has 2 aromatic rings. The monoisotopic (exact) mass is 325 g/mol. The van der Waals surface area contributed by atoms with Gasteiger partial charge in [0.15, 0.2) is 0 Å². The molecule has 1 heterocycles. The van der Waals surface area contributed by atoms with Crippen LogP contribution in [0.4, 0.5) is 0 Å². The van der Waals surface area contributed by atoms with Gasteiger partial charge < -0.3 is 15.2 Å². The largest absolute Gasteiger partial charge is 0.394 e. The zero-order valence-electron chi connectivity index (χ0n) is 11.3. The number of halogens is 1. The van der Waals surface area contributed by atoms with E-state index in [1.54, 1.807) is 35.6 Å². The summed E-state index contributed by atoms with van der Waals surface area (Å²) in [4.78, 5) is 12.1. The number of rotatable bonds is 7. The van der Waals surface area contributed by atoms with Gasteiger partial charge in [0.05, 0.1) is 23.8 Å². The van der Waals surface area contributed by atoms with Crippen molar-refractivity contribution < 1.29 is 14.6 Å². The van der Waals surface area contributed by atoms with Gasteiger partial charge in [-0.2, -0.15) is 11.3 Å². The van der Waals surface area contributed by atoms with E-state index in [1.165, 1.54) is 0 Å². The molecular formula is C15H16ClNO3S. The second kappa shape index (κ2) is 8.14. The Morgan fingerprint density at radius 2 is 2.19 bits per heavy atom. The molecule has 6 heteroatoms. The van der Waals surface area contributed by atoms with Crippen molar-refractivity contribution in [2.45, 2.75) is 6.10 Å². The molecule has 4 nitrogen and oxygen atoms in total. The minimum absolute atomic E-state index is 0.0565. The zero-order valence-corrected chi connectivity index (χ0v) is 12.9. The van der Waals surface area contributed by atoms with Crippen molar-refractivity contribution in [1.29, 1.82) is 0 Å². The van der Waals surface area contributed by atoms with E-state index in [9.17, 15) is 4.79 Å². The minimum atomic E-state index is -0.283. The fourth-order valence-electron chi connectivity index (χ4n) is 1.85. The number of ether oxygens (including phenoxy) is 1. The molecule has 0 fully saturated rings. The predicted octanol–water partition coefficient (Wildman–Crippen LogP) is 2.88. The molecule has 1 amide bonds. The lowest BCUT2D eigenvalue weighted by atomic mass is 10.1. The molecule has 1 unspecified atom stereocenters. The fraction of sp³-hybridized carbons (Fsp3) is 0.267. The molecule has 0 radical (unpaired) electrons. The van der Waals surface area contributed by atoms with E-state index in [4.69, 9.17) is 21.4 Å². The maximum Gasteiger partial charge on any atom is 0.252 e. The molecule has 21 heavy (non-hydrogen) atoms. The lowest BCUT2D eigenvalue weighted by Crippen LogP contribution is -2.30. The number of aliphatic hydroxyl groups is 1. The topological polar surface area (TPSA) is 58.6 Å². The third kappa shape index (κ3) is 4.54. The van der Waals surface area contributed by atoms with Crippen molar-refractivity contribution in [3.8, 4) is 0 Å². The standard InChI is InChI=1S/C15H16ClNO3S/c16-13-4-2-1-3-12(13)15(19)17-9-14(20-7-6-18)11-5-8-21-10-11/h1-5,8,10,14,18H,6-7,9H2,(H,17,19). The Labute approximate surface area is 132 Å². The molecule has 1 atom stereocenters. The first kappa shape index (κ1) is 16.0. The summed E-state index contributed by atoms with van der Waals surface area (Å²) in [5.41, 5.74) is 1.42. The van der Waals surface area contributed by atoms with Gasteiger partial charge in [0, 0.05) is 6.54 Å². The molecule has 0 aliphatic heterocycles. The van der Waals surface area contributed by atoms with Gasteiger partial charge in [-0.15, -0.1) is 0 Å². The molecule has 0 aliphatic rings. The molecule has 0 spiro atoms. The Hall–Kier alpha value is -1.40. The second-order valence-electron chi connectivity index (χ2n) is 4.33. The lowest BCUT2D eigenvalue weighted by Gasteiger charge is -2.17. The van der Waals surface area contributed by atoms with E-state index >= 15 is 0 Å². The molecule has 1 aromatic carbocycles. The van der Waals surface area contributed by atoms with E-state index < -0.39 is 0 Å². The zero-order chi connectivity index (χ0) is 15.1. The van der Waals surface area contributed by atoms with Crippen molar-refractivity contribution >= 4 is 28.8 Å². The second-order valence-corrected chi connectivity index (χ2v) is 5.52. The molecule has 0 saturated carbocycles. The maximum atomic E-state index is 12.1. The smallest absolute Gasteiger partial charge is 0.252 e. The average Bonchev–Trinajstić information content (AvgIpc) is 3.01. The molecular weight excluding hydrogens is 310 g/mol. The number of nitrogens with one attached hydrogen (secondary N) is 1. The van der Waals surface area contributed by atoms with E-state index in [0.29, 0.717) is 17.1 Å². The number of amides is 1. The van der Waals surface area contributed by atoms with Crippen LogP contribution in [0.5, 0.6) is 0 Å². The van der Waals surface area contributed by atoms with Crippen LogP contribution in [0.2, 0.25) is 5.02 Å². The Bertz CT molecular complexity index is 574. The van der Waals surface area contributed by atoms with Gasteiger partial charge in [-0.1, -0.05) is 23.7 Å². The number of benzene rings is 1. The van der Waals surface area contributed by atoms with E-state index in [-0.39, 0.29) is 25.2 Å². The number of hydrogen-bond donors (Lipinski definition) is 2. The quantitative estimate of drug-likeness (QED) is 0.823. The first-order valence-electron chi connectivity index (χ1n) is 6.49. The molecule has 0 saturated heterocycles. The molecule has 1 aromatic heterocycles. The molecule has 112 valence electrons. The summed E-state index contributed by atoms with van der Waals surface area (Å²) in [6.45, 7) is 0.488. The van der Waals surface area contributed by atoms with Gasteiger partial charge in [-0.05, 0) is 34.5 Å². The third-order valence-corrected chi connectivity index (χ3v) is 3.92. The summed E-state index contributed by atoms with van der Waals surface area (Å²) in [7, 11) is 0. The first-order valence-corrected chi connectivity index (χ1v) is 7.81. The highest BCUT2D eigenvalue weighted by Crippen LogP contribution is 2.20. The van der Waals surface area contributed by atoms with Gasteiger partial charge in [-0.3, -0.25) is 4.79 Å². The highest BCUT2D eigenvalue weighted by atomic mass is 35.5. The molecule has 2 N–H and O–H groups in total. The number of thiophene rings is 1. The van der Waals surface area contributed by atoms with Crippen LogP contribution in [0.1, 0.15) is 22.0 Å². The number of hydrogen-bond acceptors (Lipinski definition) is 4. The van der Waals surface area contributed by atoms with E-state index in [0.717, 1.165) is 5.56 Å². The van der Waals surface area contributed by atoms with Gasteiger partial charge >= 0.3 is 0 Å². The summed E-state index contributed by atoms with van der Waals surface area (Å²) in [6, 6.07) is 8.83. The van der Waals surface area contributed by atoms with Gasteiger partial charge in [0.1, 0.15) is 6.10 Å². The fourth-order valence-corrected chi connectivity index (χ4v) is 2.78. The third-order valence-electron chi connectivity index (χ3n) is 2.89. The van der Waals surface area contributed by atoms with Crippen LogP contribution in [0.3, 0.4) is 0 Å². The predicted molar refractivity (Wildman–Crippen MR) is 83.9 cm³/mol. The summed E-state index contributed by atoms with van der Waals surface area (Å²) < 4.78 is 5.56. The van der Waals surface area contributed by atoms with Crippen molar-refractivity contribution in [2.24, 2.45) is 0 Å². The Morgan fingerprint density at radius 3 is 2.86 bits per heavy atom. The van der Waals surface area contributed by atoms with E-state index in [1.807, 2.05) is 16.8 Å². The van der Waals surface area contributed by atoms with Crippen LogP contribution in [0.15, 0.2) is 41.1 Å². The van der Waals surface area contributed by atoms with Gasteiger partial charge in [0.25, 0.3) is 5.91 Å². The lowest BCUT2D eigenvalue weighted by molar-refractivity contribution is 0.0279. The minimum Gasteiger partial charge on any atom is -0.394 e. The Kier molecular flexibility index (Phi) is 6.20. The van der Waals surface area contributed by atoms with Crippen LogP contribution >= 0.6 is 22.9 Å². The Balaban J connectivity index is 1.98. The van der Waals surface area contributed by atoms with Gasteiger partial charge in [0.2, 0.25) is 0 Å². The number of carbonyl (C=O) groups is 1. The SMILES string of the molecule is O=C(NCC(OCCO)c1ccsc1)c1ccccc1Cl. The first-order chi connectivity index (χ1) is 10.2.